The number of benzene rings is 1. The van der Waals surface area contributed by atoms with Crippen LogP contribution in [0, 0.1) is 12.7 Å². The second kappa shape index (κ2) is 6.51. The molecule has 4 rings (SSSR count). The number of aryl methyl sites for hydroxylation is 1. The average molecular weight is 349 g/mol. The third-order valence-corrected chi connectivity index (χ3v) is 4.23. The Kier molecular flexibility index (Phi) is 4.04. The van der Waals surface area contributed by atoms with Gasteiger partial charge in [-0.3, -0.25) is 14.2 Å². The van der Waals surface area contributed by atoms with Crippen molar-refractivity contribution in [2.24, 2.45) is 0 Å². The number of hydrogen-bond acceptors (Lipinski definition) is 4. The molecule has 0 radical (unpaired) electrons. The first-order chi connectivity index (χ1) is 12.6. The summed E-state index contributed by atoms with van der Waals surface area (Å²) in [5.41, 5.74) is 2.35. The van der Waals surface area contributed by atoms with Gasteiger partial charge in [0.1, 0.15) is 11.6 Å². The SMILES string of the molecule is Cc1nc2cc(F)ccc2cc1C(=O)NCCc1nnc2ccccn12. The monoisotopic (exact) mass is 349 g/mol. The maximum atomic E-state index is 13.3. The molecule has 7 heteroatoms. The molecule has 4 aromatic rings. The van der Waals surface area contributed by atoms with Crippen molar-refractivity contribution in [2.75, 3.05) is 6.54 Å². The third kappa shape index (κ3) is 2.99. The molecule has 0 saturated carbocycles. The summed E-state index contributed by atoms with van der Waals surface area (Å²) in [5, 5.41) is 11.8. The lowest BCUT2D eigenvalue weighted by Gasteiger charge is -2.08. The van der Waals surface area contributed by atoms with Crippen LogP contribution in [0.25, 0.3) is 16.6 Å². The first-order valence-corrected chi connectivity index (χ1v) is 8.25. The van der Waals surface area contributed by atoms with E-state index in [1.807, 2.05) is 28.8 Å². The van der Waals surface area contributed by atoms with Gasteiger partial charge in [-0.05, 0) is 37.3 Å². The molecule has 0 spiro atoms. The van der Waals surface area contributed by atoms with Gasteiger partial charge in [0.25, 0.3) is 5.91 Å². The number of rotatable bonds is 4. The molecule has 26 heavy (non-hydrogen) atoms. The van der Waals surface area contributed by atoms with Crippen LogP contribution in [-0.4, -0.2) is 32.0 Å². The maximum absolute atomic E-state index is 13.3. The predicted molar refractivity (Wildman–Crippen MR) is 95.5 cm³/mol. The summed E-state index contributed by atoms with van der Waals surface area (Å²) in [4.78, 5) is 16.8. The Bertz CT molecular complexity index is 1120. The van der Waals surface area contributed by atoms with Crippen molar-refractivity contribution in [3.8, 4) is 0 Å². The quantitative estimate of drug-likeness (QED) is 0.615. The molecule has 0 aliphatic heterocycles. The van der Waals surface area contributed by atoms with Crippen molar-refractivity contribution < 1.29 is 9.18 Å². The Labute approximate surface area is 148 Å². The zero-order valence-electron chi connectivity index (χ0n) is 14.1. The number of pyridine rings is 2. The molecule has 6 nitrogen and oxygen atoms in total. The van der Waals surface area contributed by atoms with Crippen molar-refractivity contribution in [3.63, 3.8) is 0 Å². The van der Waals surface area contributed by atoms with Crippen LogP contribution < -0.4 is 5.32 Å². The number of nitrogens with zero attached hydrogens (tertiary/aromatic N) is 4. The van der Waals surface area contributed by atoms with E-state index in [4.69, 9.17) is 0 Å². The summed E-state index contributed by atoms with van der Waals surface area (Å²) in [6.07, 6.45) is 2.45. The molecule has 1 N–H and O–H groups in total. The van der Waals surface area contributed by atoms with E-state index in [-0.39, 0.29) is 11.7 Å². The highest BCUT2D eigenvalue weighted by molar-refractivity contribution is 5.98. The fourth-order valence-corrected chi connectivity index (χ4v) is 2.91. The zero-order chi connectivity index (χ0) is 18.1. The fourth-order valence-electron chi connectivity index (χ4n) is 2.91. The van der Waals surface area contributed by atoms with Gasteiger partial charge in [0.15, 0.2) is 5.65 Å². The number of aromatic nitrogens is 4. The Hall–Kier alpha value is -3.35. The summed E-state index contributed by atoms with van der Waals surface area (Å²) >= 11 is 0. The molecular weight excluding hydrogens is 333 g/mol. The highest BCUT2D eigenvalue weighted by Crippen LogP contribution is 2.17. The summed E-state index contributed by atoms with van der Waals surface area (Å²) in [6, 6.07) is 11.8. The topological polar surface area (TPSA) is 72.2 Å². The number of nitrogens with one attached hydrogen (secondary N) is 1. The van der Waals surface area contributed by atoms with E-state index in [9.17, 15) is 9.18 Å². The first-order valence-electron chi connectivity index (χ1n) is 8.25. The van der Waals surface area contributed by atoms with Crippen molar-refractivity contribution in [1.82, 2.24) is 24.9 Å². The molecule has 0 unspecified atom stereocenters. The van der Waals surface area contributed by atoms with Crippen LogP contribution in [0.15, 0.2) is 48.7 Å². The van der Waals surface area contributed by atoms with Gasteiger partial charge in [-0.25, -0.2) is 4.39 Å². The lowest BCUT2D eigenvalue weighted by Crippen LogP contribution is -2.27. The van der Waals surface area contributed by atoms with Gasteiger partial charge in [0.05, 0.1) is 16.8 Å². The number of carbonyl (C=O) groups is 1. The lowest BCUT2D eigenvalue weighted by molar-refractivity contribution is 0.0953. The van der Waals surface area contributed by atoms with Crippen LogP contribution in [0.5, 0.6) is 0 Å². The summed E-state index contributed by atoms with van der Waals surface area (Å²) in [6.45, 7) is 2.17. The van der Waals surface area contributed by atoms with Crippen LogP contribution in [-0.2, 0) is 6.42 Å². The minimum atomic E-state index is -0.345. The number of hydrogen-bond donors (Lipinski definition) is 1. The third-order valence-electron chi connectivity index (χ3n) is 4.23. The normalized spacial score (nSPS) is 11.2. The number of fused-ring (bicyclic) bond motifs is 2. The number of amides is 1. The molecule has 1 aromatic carbocycles. The van der Waals surface area contributed by atoms with Crippen LogP contribution in [0.4, 0.5) is 4.39 Å². The Morgan fingerprint density at radius 3 is 2.96 bits per heavy atom. The van der Waals surface area contributed by atoms with Crippen molar-refractivity contribution >= 4 is 22.5 Å². The molecule has 0 atom stereocenters. The van der Waals surface area contributed by atoms with E-state index in [0.29, 0.717) is 29.7 Å². The van der Waals surface area contributed by atoms with Gasteiger partial charge in [-0.1, -0.05) is 6.07 Å². The highest BCUT2D eigenvalue weighted by atomic mass is 19.1. The maximum Gasteiger partial charge on any atom is 0.253 e. The Morgan fingerprint density at radius 1 is 1.19 bits per heavy atom. The van der Waals surface area contributed by atoms with E-state index < -0.39 is 0 Å². The standard InChI is InChI=1S/C19H16FN5O/c1-12-15(10-13-5-6-14(20)11-16(13)22-12)19(26)21-8-7-18-24-23-17-4-2-3-9-25(17)18/h2-6,9-11H,7-8H2,1H3,(H,21,26). The van der Waals surface area contributed by atoms with Gasteiger partial charge < -0.3 is 5.32 Å². The summed E-state index contributed by atoms with van der Waals surface area (Å²) in [7, 11) is 0. The van der Waals surface area contributed by atoms with E-state index in [1.165, 1.54) is 12.1 Å². The van der Waals surface area contributed by atoms with Gasteiger partial charge in [-0.15, -0.1) is 10.2 Å². The molecule has 0 saturated heterocycles. The molecule has 3 heterocycles. The van der Waals surface area contributed by atoms with Crippen molar-refractivity contribution in [1.29, 1.82) is 0 Å². The molecule has 1 amide bonds. The molecule has 0 fully saturated rings. The minimum Gasteiger partial charge on any atom is -0.352 e. The molecule has 130 valence electrons. The van der Waals surface area contributed by atoms with Crippen molar-refractivity contribution in [3.05, 3.63) is 71.6 Å². The van der Waals surface area contributed by atoms with Gasteiger partial charge in [0, 0.05) is 30.6 Å². The summed E-state index contributed by atoms with van der Waals surface area (Å²) < 4.78 is 15.2. The summed E-state index contributed by atoms with van der Waals surface area (Å²) in [5.74, 6) is 0.224. The second-order valence-electron chi connectivity index (χ2n) is 6.01. The van der Waals surface area contributed by atoms with E-state index in [0.717, 1.165) is 16.9 Å². The predicted octanol–water partition coefficient (Wildman–Crippen LogP) is 2.70. The Balaban J connectivity index is 1.49. The largest absolute Gasteiger partial charge is 0.352 e. The zero-order valence-corrected chi connectivity index (χ0v) is 14.1. The average Bonchev–Trinajstić information content (AvgIpc) is 3.04. The van der Waals surface area contributed by atoms with E-state index in [1.54, 1.807) is 19.1 Å². The highest BCUT2D eigenvalue weighted by Gasteiger charge is 2.12. The lowest BCUT2D eigenvalue weighted by atomic mass is 10.1. The van der Waals surface area contributed by atoms with Gasteiger partial charge >= 0.3 is 0 Å². The first kappa shape index (κ1) is 16.1. The molecule has 0 bridgehead atoms. The van der Waals surface area contributed by atoms with E-state index in [2.05, 4.69) is 20.5 Å². The number of carbonyl (C=O) groups excluding carboxylic acids is 1. The molecule has 0 aliphatic rings. The molecule has 3 aromatic heterocycles. The smallest absolute Gasteiger partial charge is 0.253 e. The van der Waals surface area contributed by atoms with Gasteiger partial charge in [0.2, 0.25) is 0 Å². The van der Waals surface area contributed by atoms with Crippen molar-refractivity contribution in [2.45, 2.75) is 13.3 Å². The Morgan fingerprint density at radius 2 is 2.08 bits per heavy atom. The second-order valence-corrected chi connectivity index (χ2v) is 6.01. The van der Waals surface area contributed by atoms with Crippen LogP contribution in [0.3, 0.4) is 0 Å². The fraction of sp³-hybridized carbons (Fsp3) is 0.158. The van der Waals surface area contributed by atoms with Crippen LogP contribution >= 0.6 is 0 Å². The number of halogens is 1. The minimum absolute atomic E-state index is 0.213. The van der Waals surface area contributed by atoms with E-state index >= 15 is 0 Å². The van der Waals surface area contributed by atoms with Crippen LogP contribution in [0.2, 0.25) is 0 Å². The molecule has 0 aliphatic carbocycles. The van der Waals surface area contributed by atoms with Crippen LogP contribution in [0.1, 0.15) is 21.9 Å². The molecular formula is C19H16FN5O. The van der Waals surface area contributed by atoms with Gasteiger partial charge in [-0.2, -0.15) is 0 Å².